The van der Waals surface area contributed by atoms with Crippen molar-refractivity contribution < 1.29 is 8.42 Å². The fourth-order valence-electron chi connectivity index (χ4n) is 2.15. The van der Waals surface area contributed by atoms with Crippen molar-refractivity contribution in [1.29, 1.82) is 0 Å². The molecule has 0 fully saturated rings. The average molecular weight is 343 g/mol. The van der Waals surface area contributed by atoms with Crippen LogP contribution in [0.4, 0.5) is 0 Å². The molecule has 24 heavy (non-hydrogen) atoms. The van der Waals surface area contributed by atoms with Crippen molar-refractivity contribution in [2.75, 3.05) is 6.54 Å². The Hall–Kier alpha value is -2.58. The molecule has 3 rings (SSSR count). The summed E-state index contributed by atoms with van der Waals surface area (Å²) < 4.78 is 28.8. The van der Waals surface area contributed by atoms with Crippen molar-refractivity contribution in [3.63, 3.8) is 0 Å². The molecule has 0 spiro atoms. The van der Waals surface area contributed by atoms with Gasteiger partial charge in [0.1, 0.15) is 4.90 Å². The summed E-state index contributed by atoms with van der Waals surface area (Å²) in [4.78, 5) is 8.34. The van der Waals surface area contributed by atoms with Gasteiger partial charge in [-0.1, -0.05) is 30.3 Å². The van der Waals surface area contributed by atoms with E-state index in [-0.39, 0.29) is 4.90 Å². The first-order chi connectivity index (χ1) is 11.6. The van der Waals surface area contributed by atoms with E-state index in [1.54, 1.807) is 10.9 Å². The van der Waals surface area contributed by atoms with Crippen LogP contribution in [0.5, 0.6) is 0 Å². The van der Waals surface area contributed by atoms with Crippen molar-refractivity contribution in [3.8, 4) is 11.4 Å². The van der Waals surface area contributed by atoms with E-state index in [1.165, 1.54) is 12.4 Å². The highest BCUT2D eigenvalue weighted by Crippen LogP contribution is 2.14. The second kappa shape index (κ2) is 7.33. The van der Waals surface area contributed by atoms with Gasteiger partial charge in [-0.25, -0.2) is 23.1 Å². The predicted molar refractivity (Wildman–Crippen MR) is 89.5 cm³/mol. The third-order valence-corrected chi connectivity index (χ3v) is 4.80. The van der Waals surface area contributed by atoms with Crippen LogP contribution < -0.4 is 4.72 Å². The van der Waals surface area contributed by atoms with Gasteiger partial charge in [-0.3, -0.25) is 4.68 Å². The molecule has 124 valence electrons. The Balaban J connectivity index is 1.60. The summed E-state index contributed by atoms with van der Waals surface area (Å²) in [6.45, 7) is 0.974. The quantitative estimate of drug-likeness (QED) is 0.660. The van der Waals surface area contributed by atoms with E-state index in [0.29, 0.717) is 25.3 Å². The minimum Gasteiger partial charge on any atom is -0.273 e. The van der Waals surface area contributed by atoms with Gasteiger partial charge in [-0.05, 0) is 12.5 Å². The number of nitrogens with zero attached hydrogens (tertiary/aromatic N) is 4. The number of hydrogen-bond donors (Lipinski definition) is 1. The first-order valence-electron chi connectivity index (χ1n) is 7.50. The summed E-state index contributed by atoms with van der Waals surface area (Å²) in [7, 11) is -3.60. The second-order valence-electron chi connectivity index (χ2n) is 5.13. The van der Waals surface area contributed by atoms with Gasteiger partial charge in [0.15, 0.2) is 5.82 Å². The van der Waals surface area contributed by atoms with Crippen LogP contribution in [0.2, 0.25) is 0 Å². The van der Waals surface area contributed by atoms with Gasteiger partial charge in [0.25, 0.3) is 0 Å². The minimum atomic E-state index is -3.60. The summed E-state index contributed by atoms with van der Waals surface area (Å²) in [5.74, 6) is 0.494. The van der Waals surface area contributed by atoms with E-state index in [2.05, 4.69) is 19.8 Å². The molecule has 2 heterocycles. The smallest absolute Gasteiger partial charge is 0.243 e. The van der Waals surface area contributed by atoms with Crippen molar-refractivity contribution in [1.82, 2.24) is 24.5 Å². The molecule has 0 unspecified atom stereocenters. The lowest BCUT2D eigenvalue weighted by atomic mass is 10.2. The Morgan fingerprint density at radius 3 is 2.46 bits per heavy atom. The molecule has 0 bridgehead atoms. The van der Waals surface area contributed by atoms with Gasteiger partial charge >= 0.3 is 0 Å². The Morgan fingerprint density at radius 2 is 1.79 bits per heavy atom. The highest BCUT2D eigenvalue weighted by atomic mass is 32.2. The predicted octanol–water partition coefficient (Wildman–Crippen LogP) is 1.71. The fourth-order valence-corrected chi connectivity index (χ4v) is 3.12. The molecular formula is C16H17N5O2S. The average Bonchev–Trinajstić information content (AvgIpc) is 3.13. The Morgan fingerprint density at radius 1 is 1.04 bits per heavy atom. The van der Waals surface area contributed by atoms with Crippen molar-refractivity contribution in [2.24, 2.45) is 0 Å². The zero-order valence-electron chi connectivity index (χ0n) is 12.9. The number of aryl methyl sites for hydroxylation is 1. The maximum absolute atomic E-state index is 12.2. The number of hydrogen-bond acceptors (Lipinski definition) is 5. The van der Waals surface area contributed by atoms with Gasteiger partial charge in [0, 0.05) is 31.0 Å². The van der Waals surface area contributed by atoms with Crippen LogP contribution in [0, 0.1) is 0 Å². The van der Waals surface area contributed by atoms with Crippen LogP contribution in [-0.2, 0) is 16.6 Å². The molecule has 0 saturated heterocycles. The van der Waals surface area contributed by atoms with Gasteiger partial charge in [0.2, 0.25) is 10.0 Å². The molecule has 0 aliphatic rings. The molecular weight excluding hydrogens is 326 g/mol. The molecule has 7 nitrogen and oxygen atoms in total. The first-order valence-corrected chi connectivity index (χ1v) is 8.98. The van der Waals surface area contributed by atoms with Gasteiger partial charge in [-0.15, -0.1) is 0 Å². The number of aromatic nitrogens is 4. The number of rotatable bonds is 7. The summed E-state index contributed by atoms with van der Waals surface area (Å²) in [5.41, 5.74) is 0.841. The zero-order valence-corrected chi connectivity index (χ0v) is 13.7. The molecule has 0 radical (unpaired) electrons. The molecule has 0 aliphatic heterocycles. The van der Waals surface area contributed by atoms with Crippen LogP contribution in [-0.4, -0.2) is 34.7 Å². The highest BCUT2D eigenvalue weighted by Gasteiger charge is 2.14. The summed E-state index contributed by atoms with van der Waals surface area (Å²) in [5, 5.41) is 4.07. The lowest BCUT2D eigenvalue weighted by Gasteiger charge is -2.07. The van der Waals surface area contributed by atoms with Crippen molar-refractivity contribution in [2.45, 2.75) is 17.9 Å². The lowest BCUT2D eigenvalue weighted by Crippen LogP contribution is -2.26. The fraction of sp³-hybridized carbons (Fsp3) is 0.188. The minimum absolute atomic E-state index is 0.0567. The van der Waals surface area contributed by atoms with Crippen molar-refractivity contribution >= 4 is 10.0 Å². The maximum atomic E-state index is 12.2. The molecule has 0 amide bonds. The van der Waals surface area contributed by atoms with Gasteiger partial charge in [0.05, 0.1) is 12.4 Å². The molecule has 1 N–H and O–H groups in total. The maximum Gasteiger partial charge on any atom is 0.243 e. The third kappa shape index (κ3) is 4.03. The molecule has 0 saturated carbocycles. The highest BCUT2D eigenvalue weighted by molar-refractivity contribution is 7.89. The van der Waals surface area contributed by atoms with E-state index in [4.69, 9.17) is 0 Å². The third-order valence-electron chi connectivity index (χ3n) is 3.39. The largest absolute Gasteiger partial charge is 0.273 e. The van der Waals surface area contributed by atoms with Crippen LogP contribution in [0.1, 0.15) is 6.42 Å². The second-order valence-corrected chi connectivity index (χ2v) is 6.90. The van der Waals surface area contributed by atoms with E-state index >= 15 is 0 Å². The molecule has 2 aromatic heterocycles. The normalized spacial score (nSPS) is 11.5. The van der Waals surface area contributed by atoms with Crippen molar-refractivity contribution in [3.05, 3.63) is 61.2 Å². The molecule has 0 atom stereocenters. The zero-order chi connectivity index (χ0) is 16.8. The van der Waals surface area contributed by atoms with Gasteiger partial charge in [-0.2, -0.15) is 5.10 Å². The Labute approximate surface area is 140 Å². The SMILES string of the molecule is O=S(=O)(NCCCn1cccn1)c1cnc(-c2ccccc2)nc1. The summed E-state index contributed by atoms with van der Waals surface area (Å²) in [6, 6.07) is 11.2. The monoisotopic (exact) mass is 343 g/mol. The van der Waals surface area contributed by atoms with E-state index in [1.807, 2.05) is 42.6 Å². The topological polar surface area (TPSA) is 89.8 Å². The van der Waals surface area contributed by atoms with Crippen LogP contribution >= 0.6 is 0 Å². The standard InChI is InChI=1S/C16H17N5O2S/c22-24(23,20-9-5-11-21-10-4-8-19-21)15-12-17-16(18-13-15)14-6-2-1-3-7-14/h1-4,6-8,10,12-13,20H,5,9,11H2. The first kappa shape index (κ1) is 16.3. The Kier molecular flexibility index (Phi) is 4.97. The lowest BCUT2D eigenvalue weighted by molar-refractivity contribution is 0.552. The number of sulfonamides is 1. The van der Waals surface area contributed by atoms with Crippen LogP contribution in [0.3, 0.4) is 0 Å². The van der Waals surface area contributed by atoms with E-state index in [0.717, 1.165) is 5.56 Å². The van der Waals surface area contributed by atoms with Crippen LogP contribution in [0.25, 0.3) is 11.4 Å². The molecule has 1 aromatic carbocycles. The molecule has 8 heteroatoms. The number of benzene rings is 1. The van der Waals surface area contributed by atoms with Crippen LogP contribution in [0.15, 0.2) is 66.1 Å². The van der Waals surface area contributed by atoms with E-state index in [9.17, 15) is 8.42 Å². The van der Waals surface area contributed by atoms with E-state index < -0.39 is 10.0 Å². The summed E-state index contributed by atoms with van der Waals surface area (Å²) >= 11 is 0. The Bertz CT molecular complexity index is 863. The molecule has 0 aliphatic carbocycles. The van der Waals surface area contributed by atoms with Gasteiger partial charge < -0.3 is 0 Å². The molecule has 3 aromatic rings. The number of nitrogens with one attached hydrogen (secondary N) is 1. The summed E-state index contributed by atoms with van der Waals surface area (Å²) in [6.07, 6.45) is 6.82.